The molecule has 0 aliphatic heterocycles. The smallest absolute Gasteiger partial charge is 0.220 e. The number of aryl methyl sites for hydroxylation is 2. The van der Waals surface area contributed by atoms with Crippen molar-refractivity contribution in [3.8, 4) is 55.9 Å². The highest BCUT2D eigenvalue weighted by Crippen LogP contribution is 2.48. The molecule has 6 nitrogen and oxygen atoms in total. The molecule has 0 amide bonds. The van der Waals surface area contributed by atoms with Gasteiger partial charge in [0.2, 0.25) is 11.6 Å². The zero-order valence-electron chi connectivity index (χ0n) is 34.3. The normalized spacial score (nSPS) is 13.3. The molecule has 58 heavy (non-hydrogen) atoms. The van der Waals surface area contributed by atoms with Gasteiger partial charge in [-0.05, 0) is 124 Å². The standard InChI is InChI=1S/C52H34N6/c1-31-13-11-23-46-49(31)53-51-56(43-21-9-10-22-44(43)57(46)51)34-26-28-45-48(30-34)58-47-24-12-14-32(2)50(47)54-52(58)55(45)33-25-27-41-39-19-6-5-17-37(39)35-15-3-4-16-36(35)38-18-7-8-20-40(38)42(41)29-33/h3-30H,1-2H3/i1D3. The number of rotatable bonds is 2. The minimum atomic E-state index is -2.31. The Morgan fingerprint density at radius 3 is 1.40 bits per heavy atom. The van der Waals surface area contributed by atoms with Gasteiger partial charge in [0.15, 0.2) is 0 Å². The second-order valence-corrected chi connectivity index (χ2v) is 15.3. The van der Waals surface area contributed by atoms with Crippen LogP contribution in [0.25, 0.3) is 112 Å². The summed E-state index contributed by atoms with van der Waals surface area (Å²) in [5.74, 6) is 1.47. The molecule has 0 bridgehead atoms. The lowest BCUT2D eigenvalue weighted by Gasteiger charge is -2.23. The summed E-state index contributed by atoms with van der Waals surface area (Å²) in [6.07, 6.45) is 0. The van der Waals surface area contributed by atoms with E-state index in [1.165, 1.54) is 38.9 Å². The topological polar surface area (TPSA) is 44.5 Å². The first-order valence-corrected chi connectivity index (χ1v) is 19.6. The third kappa shape index (κ3) is 4.10. The Bertz CT molecular complexity index is 3830. The lowest BCUT2D eigenvalue weighted by Crippen LogP contribution is -2.00. The molecule has 0 radical (unpaired) electrons. The van der Waals surface area contributed by atoms with Gasteiger partial charge in [-0.25, -0.2) is 9.97 Å². The van der Waals surface area contributed by atoms with Crippen molar-refractivity contribution >= 4 is 55.7 Å². The molecule has 4 aromatic heterocycles. The van der Waals surface area contributed by atoms with Gasteiger partial charge in [0.1, 0.15) is 0 Å². The Labute approximate surface area is 337 Å². The van der Waals surface area contributed by atoms with Crippen molar-refractivity contribution in [3.05, 3.63) is 181 Å². The van der Waals surface area contributed by atoms with Gasteiger partial charge in [-0.2, -0.15) is 0 Å². The predicted octanol–water partition coefficient (Wildman–Crippen LogP) is 12.8. The Morgan fingerprint density at radius 2 is 0.793 bits per heavy atom. The molecule has 0 spiro atoms. The van der Waals surface area contributed by atoms with Gasteiger partial charge in [-0.1, -0.05) is 115 Å². The number of benzene rings is 8. The number of imidazole rings is 4. The van der Waals surface area contributed by atoms with Crippen LogP contribution in [-0.4, -0.2) is 27.9 Å². The van der Waals surface area contributed by atoms with Crippen molar-refractivity contribution in [2.24, 2.45) is 0 Å². The monoisotopic (exact) mass is 745 g/mol. The van der Waals surface area contributed by atoms with Crippen LogP contribution in [0.2, 0.25) is 0 Å². The Kier molecular flexibility index (Phi) is 5.65. The van der Waals surface area contributed by atoms with Crippen LogP contribution in [0, 0.1) is 13.8 Å². The largest absolute Gasteiger partial charge is 0.278 e. The summed E-state index contributed by atoms with van der Waals surface area (Å²) in [6, 6.07) is 59.5. The van der Waals surface area contributed by atoms with Crippen molar-refractivity contribution in [2.75, 3.05) is 0 Å². The van der Waals surface area contributed by atoms with Gasteiger partial charge in [0, 0.05) is 9.80 Å². The number of hydrogen-bond acceptors (Lipinski definition) is 2. The van der Waals surface area contributed by atoms with Crippen LogP contribution in [-0.2, 0) is 0 Å². The minimum Gasteiger partial charge on any atom is -0.278 e. The average molecular weight is 746 g/mol. The second kappa shape index (κ2) is 11.4. The fraction of sp³-hybridized carbons (Fsp3) is 0.0385. The summed E-state index contributed by atoms with van der Waals surface area (Å²) >= 11 is 0. The number of aromatic nitrogens is 6. The van der Waals surface area contributed by atoms with Gasteiger partial charge < -0.3 is 0 Å². The minimum absolute atomic E-state index is 0.241. The number of hydrogen-bond donors (Lipinski definition) is 0. The van der Waals surface area contributed by atoms with E-state index in [2.05, 4.69) is 164 Å². The molecule has 1 aliphatic carbocycles. The van der Waals surface area contributed by atoms with Crippen molar-refractivity contribution < 1.29 is 4.11 Å². The summed E-state index contributed by atoms with van der Waals surface area (Å²) in [6.45, 7) is -0.192. The Morgan fingerprint density at radius 1 is 0.362 bits per heavy atom. The zero-order chi connectivity index (χ0) is 40.7. The van der Waals surface area contributed by atoms with Gasteiger partial charge >= 0.3 is 0 Å². The second-order valence-electron chi connectivity index (χ2n) is 15.3. The van der Waals surface area contributed by atoms with Crippen LogP contribution in [0.4, 0.5) is 0 Å². The van der Waals surface area contributed by atoms with Gasteiger partial charge in [0.05, 0.1) is 49.8 Å². The summed E-state index contributed by atoms with van der Waals surface area (Å²) in [5, 5.41) is 0. The molecule has 1 aliphatic rings. The summed E-state index contributed by atoms with van der Waals surface area (Å²) in [5.41, 5.74) is 19.9. The van der Waals surface area contributed by atoms with Crippen LogP contribution in [0.5, 0.6) is 0 Å². The Balaban J connectivity index is 1.10. The SMILES string of the molecule is [2H]C([2H])([2H])c1cccc2c1nc1n(-c3ccc4c(c3)n3c5cccc(C)c5nc3n4-c3ccc4c(c3)-c3ccccc3-c3ccccc3-c3ccccc3-4)c3ccccc3n21. The number of nitrogens with zero attached hydrogens (tertiary/aromatic N) is 6. The highest BCUT2D eigenvalue weighted by Gasteiger charge is 2.25. The average Bonchev–Trinajstić information content (AvgIpc) is 4.02. The summed E-state index contributed by atoms with van der Waals surface area (Å²) in [7, 11) is 0. The molecule has 0 unspecified atom stereocenters. The van der Waals surface area contributed by atoms with E-state index in [-0.39, 0.29) is 5.56 Å². The van der Waals surface area contributed by atoms with Crippen LogP contribution in [0.1, 0.15) is 15.2 Å². The third-order valence-corrected chi connectivity index (χ3v) is 12.2. The molecule has 272 valence electrons. The van der Waals surface area contributed by atoms with Crippen LogP contribution in [0.3, 0.4) is 0 Å². The van der Waals surface area contributed by atoms with Crippen molar-refractivity contribution in [1.82, 2.24) is 27.9 Å². The van der Waals surface area contributed by atoms with Gasteiger partial charge in [-0.3, -0.25) is 17.9 Å². The highest BCUT2D eigenvalue weighted by atomic mass is 15.2. The highest BCUT2D eigenvalue weighted by molar-refractivity contribution is 6.04. The molecule has 0 saturated heterocycles. The third-order valence-electron chi connectivity index (χ3n) is 12.2. The lowest BCUT2D eigenvalue weighted by atomic mass is 9.81. The van der Waals surface area contributed by atoms with Crippen LogP contribution >= 0.6 is 0 Å². The molecule has 0 atom stereocenters. The van der Waals surface area contributed by atoms with Gasteiger partial charge in [0.25, 0.3) is 0 Å². The molecule has 8 aromatic carbocycles. The fourth-order valence-electron chi connectivity index (χ4n) is 9.66. The van der Waals surface area contributed by atoms with Gasteiger partial charge in [-0.15, -0.1) is 0 Å². The van der Waals surface area contributed by atoms with E-state index in [0.29, 0.717) is 11.3 Å². The first kappa shape index (κ1) is 28.7. The van der Waals surface area contributed by atoms with Crippen molar-refractivity contribution in [2.45, 2.75) is 13.8 Å². The fourth-order valence-corrected chi connectivity index (χ4v) is 9.66. The quantitative estimate of drug-likeness (QED) is 0.177. The number of para-hydroxylation sites is 4. The first-order valence-electron chi connectivity index (χ1n) is 21.1. The maximum absolute atomic E-state index is 8.30. The number of fused-ring (bicyclic) bond motifs is 18. The molecule has 0 N–H and O–H groups in total. The van der Waals surface area contributed by atoms with Crippen molar-refractivity contribution in [3.63, 3.8) is 0 Å². The zero-order valence-corrected chi connectivity index (χ0v) is 31.3. The molecule has 6 heteroatoms. The summed E-state index contributed by atoms with van der Waals surface area (Å²) in [4.78, 5) is 10.5. The molecule has 4 heterocycles. The summed E-state index contributed by atoms with van der Waals surface area (Å²) < 4.78 is 33.7. The molecule has 13 rings (SSSR count). The van der Waals surface area contributed by atoms with E-state index in [0.717, 1.165) is 66.9 Å². The van der Waals surface area contributed by atoms with E-state index in [9.17, 15) is 0 Å². The van der Waals surface area contributed by atoms with E-state index < -0.39 is 6.85 Å². The Hall–Kier alpha value is -7.70. The van der Waals surface area contributed by atoms with E-state index in [1.807, 2.05) is 24.3 Å². The first-order chi connectivity index (χ1) is 29.8. The van der Waals surface area contributed by atoms with Crippen LogP contribution in [0.15, 0.2) is 170 Å². The maximum Gasteiger partial charge on any atom is 0.220 e. The maximum atomic E-state index is 8.30. The van der Waals surface area contributed by atoms with Crippen LogP contribution < -0.4 is 0 Å². The molecular weight excluding hydrogens is 709 g/mol. The molecule has 0 saturated carbocycles. The molecule has 12 aromatic rings. The lowest BCUT2D eigenvalue weighted by molar-refractivity contribution is 1.11. The molecular formula is C52H34N6. The molecule has 0 fully saturated rings. The van der Waals surface area contributed by atoms with E-state index in [1.54, 1.807) is 6.07 Å². The van der Waals surface area contributed by atoms with E-state index >= 15 is 0 Å². The predicted molar refractivity (Wildman–Crippen MR) is 237 cm³/mol. The van der Waals surface area contributed by atoms with Crippen molar-refractivity contribution in [1.29, 1.82) is 0 Å². The van der Waals surface area contributed by atoms with E-state index in [4.69, 9.17) is 14.1 Å².